The Kier molecular flexibility index (Phi) is 6.43. The molecule has 1 N–H and O–H groups in total. The number of nitrogens with zero attached hydrogens (tertiary/aromatic N) is 2. The van der Waals surface area contributed by atoms with Gasteiger partial charge in [0.1, 0.15) is 17.3 Å². The molecule has 8 heteroatoms. The molecule has 0 bridgehead atoms. The van der Waals surface area contributed by atoms with Gasteiger partial charge in [-0.25, -0.2) is 4.39 Å². The van der Waals surface area contributed by atoms with Gasteiger partial charge in [-0.15, -0.1) is 0 Å². The second-order valence-corrected chi connectivity index (χ2v) is 6.42. The number of benzene rings is 2. The van der Waals surface area contributed by atoms with Crippen molar-refractivity contribution in [2.75, 3.05) is 14.2 Å². The molecule has 0 aliphatic heterocycles. The lowest BCUT2D eigenvalue weighted by molar-refractivity contribution is -0.121. The molecule has 1 heterocycles. The summed E-state index contributed by atoms with van der Waals surface area (Å²) >= 11 is 0. The van der Waals surface area contributed by atoms with Gasteiger partial charge in [-0.05, 0) is 49.4 Å². The second kappa shape index (κ2) is 9.18. The lowest BCUT2D eigenvalue weighted by Crippen LogP contribution is -2.27. The van der Waals surface area contributed by atoms with Crippen LogP contribution in [0, 0.1) is 5.82 Å². The quantitative estimate of drug-likeness (QED) is 0.622. The maximum absolute atomic E-state index is 13.0. The van der Waals surface area contributed by atoms with Gasteiger partial charge in [0.05, 0.1) is 20.3 Å². The van der Waals surface area contributed by atoms with Crippen molar-refractivity contribution in [3.8, 4) is 22.9 Å². The van der Waals surface area contributed by atoms with Crippen LogP contribution in [0.15, 0.2) is 47.0 Å². The van der Waals surface area contributed by atoms with E-state index in [1.807, 2.05) is 13.0 Å². The fourth-order valence-corrected chi connectivity index (χ4v) is 2.86. The fourth-order valence-electron chi connectivity index (χ4n) is 2.86. The zero-order valence-corrected chi connectivity index (χ0v) is 16.4. The van der Waals surface area contributed by atoms with Crippen LogP contribution >= 0.6 is 0 Å². The first kappa shape index (κ1) is 20.3. The van der Waals surface area contributed by atoms with E-state index in [4.69, 9.17) is 14.0 Å². The number of rotatable bonds is 8. The number of amides is 1. The van der Waals surface area contributed by atoms with Gasteiger partial charge in [0.2, 0.25) is 17.6 Å². The van der Waals surface area contributed by atoms with E-state index >= 15 is 0 Å². The number of aromatic nitrogens is 2. The Hall–Kier alpha value is -3.42. The standard InChI is InChI=1S/C21H22FN3O4/c1-13(17-12-16(27-2)8-9-18(17)28-3)23-19(26)10-11-20-24-21(25-29-20)14-4-6-15(22)7-5-14/h4-9,12-13H,10-11H2,1-3H3,(H,23,26)/t13-/m1/s1. The third-order valence-corrected chi connectivity index (χ3v) is 4.42. The largest absolute Gasteiger partial charge is 0.497 e. The molecule has 0 spiro atoms. The van der Waals surface area contributed by atoms with E-state index in [1.165, 1.54) is 12.1 Å². The number of hydrogen-bond donors (Lipinski definition) is 1. The van der Waals surface area contributed by atoms with Crippen molar-refractivity contribution >= 4 is 5.91 Å². The number of carbonyl (C=O) groups excluding carboxylic acids is 1. The van der Waals surface area contributed by atoms with Crippen molar-refractivity contribution in [1.29, 1.82) is 0 Å². The molecule has 0 radical (unpaired) electrons. The van der Waals surface area contributed by atoms with Crippen LogP contribution in [0.2, 0.25) is 0 Å². The van der Waals surface area contributed by atoms with Crippen LogP contribution < -0.4 is 14.8 Å². The van der Waals surface area contributed by atoms with Gasteiger partial charge in [0.25, 0.3) is 0 Å². The van der Waals surface area contributed by atoms with Crippen molar-refractivity contribution in [3.05, 3.63) is 59.7 Å². The summed E-state index contributed by atoms with van der Waals surface area (Å²) < 4.78 is 28.8. The Morgan fingerprint density at radius 3 is 2.62 bits per heavy atom. The first-order chi connectivity index (χ1) is 14.0. The lowest BCUT2D eigenvalue weighted by Gasteiger charge is -2.18. The number of ether oxygens (including phenoxy) is 2. The van der Waals surface area contributed by atoms with Crippen molar-refractivity contribution in [2.24, 2.45) is 0 Å². The molecular formula is C21H22FN3O4. The number of carbonyl (C=O) groups is 1. The number of methoxy groups -OCH3 is 2. The Morgan fingerprint density at radius 1 is 1.17 bits per heavy atom. The summed E-state index contributed by atoms with van der Waals surface area (Å²) in [4.78, 5) is 16.6. The average Bonchev–Trinajstić information content (AvgIpc) is 3.21. The molecule has 0 unspecified atom stereocenters. The predicted molar refractivity (Wildman–Crippen MR) is 104 cm³/mol. The topological polar surface area (TPSA) is 86.5 Å². The van der Waals surface area contributed by atoms with Gasteiger partial charge in [-0.1, -0.05) is 5.16 Å². The van der Waals surface area contributed by atoms with Crippen LogP contribution in [0.4, 0.5) is 4.39 Å². The molecule has 2 aromatic carbocycles. The van der Waals surface area contributed by atoms with Gasteiger partial charge in [-0.2, -0.15) is 4.98 Å². The van der Waals surface area contributed by atoms with E-state index in [0.717, 1.165) is 5.56 Å². The third kappa shape index (κ3) is 5.10. The van der Waals surface area contributed by atoms with Gasteiger partial charge >= 0.3 is 0 Å². The van der Waals surface area contributed by atoms with Crippen molar-refractivity contribution in [2.45, 2.75) is 25.8 Å². The van der Waals surface area contributed by atoms with Gasteiger partial charge in [0, 0.05) is 24.0 Å². The summed E-state index contributed by atoms with van der Waals surface area (Å²) in [6.07, 6.45) is 0.476. The molecule has 0 aliphatic rings. The highest BCUT2D eigenvalue weighted by molar-refractivity contribution is 5.76. The fraction of sp³-hybridized carbons (Fsp3) is 0.286. The highest BCUT2D eigenvalue weighted by Gasteiger charge is 2.16. The minimum Gasteiger partial charge on any atom is -0.497 e. The SMILES string of the molecule is COc1ccc(OC)c([C@@H](C)NC(=O)CCc2nc(-c3ccc(F)cc3)no2)c1. The maximum Gasteiger partial charge on any atom is 0.227 e. The normalized spacial score (nSPS) is 11.7. The van der Waals surface area contributed by atoms with Crippen molar-refractivity contribution < 1.29 is 23.2 Å². The van der Waals surface area contributed by atoms with E-state index in [-0.39, 0.29) is 24.2 Å². The molecule has 1 atom stereocenters. The molecule has 0 saturated carbocycles. The number of aryl methyl sites for hydroxylation is 1. The lowest BCUT2D eigenvalue weighted by atomic mass is 10.1. The Bertz CT molecular complexity index is 972. The smallest absolute Gasteiger partial charge is 0.227 e. The molecule has 1 aromatic heterocycles. The van der Waals surface area contributed by atoms with Crippen LogP contribution in [0.5, 0.6) is 11.5 Å². The van der Waals surface area contributed by atoms with E-state index in [1.54, 1.807) is 38.5 Å². The molecule has 3 rings (SSSR count). The molecule has 0 fully saturated rings. The summed E-state index contributed by atoms with van der Waals surface area (Å²) in [5, 5.41) is 6.80. The Balaban J connectivity index is 1.58. The highest BCUT2D eigenvalue weighted by Crippen LogP contribution is 2.29. The van der Waals surface area contributed by atoms with Gasteiger partial charge in [0.15, 0.2) is 0 Å². The minimum absolute atomic E-state index is 0.163. The Labute approximate surface area is 167 Å². The van der Waals surface area contributed by atoms with Gasteiger partial charge < -0.3 is 19.3 Å². The minimum atomic E-state index is -0.337. The predicted octanol–water partition coefficient (Wildman–Crippen LogP) is 3.70. The van der Waals surface area contributed by atoms with E-state index in [2.05, 4.69) is 15.5 Å². The van der Waals surface area contributed by atoms with Crippen molar-refractivity contribution in [3.63, 3.8) is 0 Å². The summed E-state index contributed by atoms with van der Waals surface area (Å²) in [5.41, 5.74) is 1.46. The first-order valence-corrected chi connectivity index (χ1v) is 9.10. The average molecular weight is 399 g/mol. The summed E-state index contributed by atoms with van der Waals surface area (Å²) in [6, 6.07) is 10.9. The summed E-state index contributed by atoms with van der Waals surface area (Å²) in [6.45, 7) is 1.87. The number of halogens is 1. The summed E-state index contributed by atoms with van der Waals surface area (Å²) in [5.74, 6) is 1.54. The first-order valence-electron chi connectivity index (χ1n) is 9.10. The molecule has 0 aliphatic carbocycles. The third-order valence-electron chi connectivity index (χ3n) is 4.42. The van der Waals surface area contributed by atoms with Gasteiger partial charge in [-0.3, -0.25) is 4.79 Å². The molecular weight excluding hydrogens is 377 g/mol. The maximum atomic E-state index is 13.0. The molecule has 152 valence electrons. The zero-order chi connectivity index (χ0) is 20.8. The number of hydrogen-bond acceptors (Lipinski definition) is 6. The monoisotopic (exact) mass is 399 g/mol. The highest BCUT2D eigenvalue weighted by atomic mass is 19.1. The molecule has 3 aromatic rings. The van der Waals surface area contributed by atoms with Crippen LogP contribution in [0.1, 0.15) is 30.8 Å². The molecule has 7 nitrogen and oxygen atoms in total. The second-order valence-electron chi connectivity index (χ2n) is 6.42. The van der Waals surface area contributed by atoms with Crippen LogP contribution in [-0.4, -0.2) is 30.3 Å². The van der Waals surface area contributed by atoms with E-state index in [9.17, 15) is 9.18 Å². The van der Waals surface area contributed by atoms with Crippen LogP contribution in [-0.2, 0) is 11.2 Å². The molecule has 1 amide bonds. The van der Waals surface area contributed by atoms with Crippen LogP contribution in [0.25, 0.3) is 11.4 Å². The van der Waals surface area contributed by atoms with E-state index < -0.39 is 0 Å². The van der Waals surface area contributed by atoms with Crippen molar-refractivity contribution in [1.82, 2.24) is 15.5 Å². The van der Waals surface area contributed by atoms with Crippen LogP contribution in [0.3, 0.4) is 0 Å². The summed E-state index contributed by atoms with van der Waals surface area (Å²) in [7, 11) is 3.16. The zero-order valence-electron chi connectivity index (χ0n) is 16.4. The molecule has 29 heavy (non-hydrogen) atoms. The molecule has 0 saturated heterocycles. The number of nitrogens with one attached hydrogen (secondary N) is 1. The van der Waals surface area contributed by atoms with E-state index in [0.29, 0.717) is 35.2 Å². The Morgan fingerprint density at radius 2 is 1.93 bits per heavy atom.